The van der Waals surface area contributed by atoms with Crippen LogP contribution in [0.1, 0.15) is 0 Å². The molecule has 0 spiro atoms. The number of imide groups is 1. The number of likely N-dealkylation sites (N-methyl/N-ethyl adjacent to an activating group) is 1. The minimum Gasteiger partial charge on any atom is -0.378 e. The molecule has 154 valence electrons. The number of ether oxygens (including phenoxy) is 1. The summed E-state index contributed by atoms with van der Waals surface area (Å²) in [7, 11) is 1.75. The molecule has 4 rings (SSSR count). The fourth-order valence-corrected chi connectivity index (χ4v) is 3.62. The quantitative estimate of drug-likeness (QED) is 0.425. The SMILES string of the molecule is CN(C1=C(N2CCOCC2)C(=O)N(c2ccc([N+](=O)[O-])cc2)C1=O)c1ccccc1. The van der Waals surface area contributed by atoms with Crippen molar-refractivity contribution in [1.82, 2.24) is 4.90 Å². The van der Waals surface area contributed by atoms with Crippen molar-refractivity contribution < 1.29 is 19.2 Å². The van der Waals surface area contributed by atoms with Crippen LogP contribution in [0.15, 0.2) is 66.0 Å². The summed E-state index contributed by atoms with van der Waals surface area (Å²) < 4.78 is 5.40. The number of hydrogen-bond donors (Lipinski definition) is 0. The molecule has 0 radical (unpaired) electrons. The van der Waals surface area contributed by atoms with Crippen LogP contribution in [0.25, 0.3) is 0 Å². The summed E-state index contributed by atoms with van der Waals surface area (Å²) in [5.74, 6) is -0.921. The van der Waals surface area contributed by atoms with Gasteiger partial charge in [-0.15, -0.1) is 0 Å². The smallest absolute Gasteiger partial charge is 0.284 e. The van der Waals surface area contributed by atoms with Crippen LogP contribution in [0.2, 0.25) is 0 Å². The van der Waals surface area contributed by atoms with Gasteiger partial charge in [-0.3, -0.25) is 19.7 Å². The highest BCUT2D eigenvalue weighted by molar-refractivity contribution is 6.33. The van der Waals surface area contributed by atoms with Gasteiger partial charge in [-0.25, -0.2) is 4.90 Å². The van der Waals surface area contributed by atoms with Crippen LogP contribution in [-0.4, -0.2) is 55.0 Å². The van der Waals surface area contributed by atoms with Crippen molar-refractivity contribution >= 4 is 28.9 Å². The first kappa shape index (κ1) is 19.6. The summed E-state index contributed by atoms with van der Waals surface area (Å²) in [4.78, 5) is 41.9. The number of carbonyl (C=O) groups is 2. The van der Waals surface area contributed by atoms with Gasteiger partial charge in [-0.05, 0) is 24.3 Å². The Bertz CT molecular complexity index is 1010. The Morgan fingerprint density at radius 2 is 1.60 bits per heavy atom. The lowest BCUT2D eigenvalue weighted by Gasteiger charge is -2.30. The Labute approximate surface area is 172 Å². The molecule has 30 heavy (non-hydrogen) atoms. The largest absolute Gasteiger partial charge is 0.378 e. The molecule has 0 saturated carbocycles. The second-order valence-corrected chi connectivity index (χ2v) is 6.91. The Balaban J connectivity index is 1.76. The number of amides is 2. The number of rotatable bonds is 5. The average molecular weight is 408 g/mol. The normalized spacial score (nSPS) is 17.0. The van der Waals surface area contributed by atoms with Gasteiger partial charge in [0.05, 0.1) is 23.8 Å². The van der Waals surface area contributed by atoms with Crippen LogP contribution in [0, 0.1) is 10.1 Å². The number of carbonyl (C=O) groups excluding carboxylic acids is 2. The maximum atomic E-state index is 13.4. The number of non-ortho nitro benzene ring substituents is 1. The maximum absolute atomic E-state index is 13.4. The summed E-state index contributed by atoms with van der Waals surface area (Å²) in [5, 5.41) is 10.9. The Hall–Kier alpha value is -3.72. The molecule has 0 unspecified atom stereocenters. The van der Waals surface area contributed by atoms with Crippen molar-refractivity contribution in [3.05, 3.63) is 76.1 Å². The molecule has 2 aliphatic rings. The molecule has 9 heteroatoms. The lowest BCUT2D eigenvalue weighted by molar-refractivity contribution is -0.384. The van der Waals surface area contributed by atoms with Gasteiger partial charge < -0.3 is 14.5 Å². The van der Waals surface area contributed by atoms with E-state index in [9.17, 15) is 19.7 Å². The third kappa shape index (κ3) is 3.39. The lowest BCUT2D eigenvalue weighted by atomic mass is 10.2. The molecule has 9 nitrogen and oxygen atoms in total. The molecule has 1 fully saturated rings. The summed E-state index contributed by atoms with van der Waals surface area (Å²) in [6, 6.07) is 14.7. The van der Waals surface area contributed by atoms with Gasteiger partial charge >= 0.3 is 0 Å². The molecule has 0 N–H and O–H groups in total. The average Bonchev–Trinajstić information content (AvgIpc) is 3.04. The van der Waals surface area contributed by atoms with E-state index >= 15 is 0 Å². The van der Waals surface area contributed by atoms with E-state index in [0.717, 1.165) is 10.6 Å². The molecule has 0 atom stereocenters. The van der Waals surface area contributed by atoms with Gasteiger partial charge in [0.15, 0.2) is 0 Å². The molecule has 0 aliphatic carbocycles. The van der Waals surface area contributed by atoms with Crippen LogP contribution in [0.5, 0.6) is 0 Å². The standard InChI is InChI=1S/C21H20N4O5/c1-22(15-5-3-2-4-6-15)18-19(23-11-13-30-14-12-23)21(27)24(20(18)26)16-7-9-17(10-8-16)25(28)29/h2-10H,11-14H2,1H3. The zero-order valence-electron chi connectivity index (χ0n) is 16.4. The zero-order valence-corrected chi connectivity index (χ0v) is 16.4. The highest BCUT2D eigenvalue weighted by Gasteiger charge is 2.44. The number of nitrogens with zero attached hydrogens (tertiary/aromatic N) is 4. The molecule has 2 aliphatic heterocycles. The highest BCUT2D eigenvalue weighted by Crippen LogP contribution is 2.33. The predicted molar refractivity (Wildman–Crippen MR) is 110 cm³/mol. The third-order valence-electron chi connectivity index (χ3n) is 5.16. The Kier molecular flexibility index (Phi) is 5.20. The summed E-state index contributed by atoms with van der Waals surface area (Å²) >= 11 is 0. The van der Waals surface area contributed by atoms with Crippen LogP contribution in [0.3, 0.4) is 0 Å². The van der Waals surface area contributed by atoms with E-state index in [1.807, 2.05) is 35.2 Å². The third-order valence-corrected chi connectivity index (χ3v) is 5.16. The molecular formula is C21H20N4O5. The van der Waals surface area contributed by atoms with Gasteiger partial charge in [0, 0.05) is 38.0 Å². The summed E-state index contributed by atoms with van der Waals surface area (Å²) in [6.07, 6.45) is 0. The van der Waals surface area contributed by atoms with Crippen molar-refractivity contribution in [2.75, 3.05) is 43.2 Å². The lowest BCUT2D eigenvalue weighted by Crippen LogP contribution is -2.40. The monoisotopic (exact) mass is 408 g/mol. The molecule has 0 aromatic heterocycles. The van der Waals surface area contributed by atoms with E-state index in [1.54, 1.807) is 11.9 Å². The second-order valence-electron chi connectivity index (χ2n) is 6.91. The molecule has 2 amide bonds. The minimum absolute atomic E-state index is 0.110. The van der Waals surface area contributed by atoms with Gasteiger partial charge in [0.2, 0.25) is 0 Å². The summed E-state index contributed by atoms with van der Waals surface area (Å²) in [6.45, 7) is 1.92. The fourth-order valence-electron chi connectivity index (χ4n) is 3.62. The van der Waals surface area contributed by atoms with Gasteiger partial charge in [-0.1, -0.05) is 18.2 Å². The van der Waals surface area contributed by atoms with E-state index in [2.05, 4.69) is 0 Å². The van der Waals surface area contributed by atoms with E-state index in [0.29, 0.717) is 32.0 Å². The number of morpholine rings is 1. The molecule has 1 saturated heterocycles. The van der Waals surface area contributed by atoms with Crippen LogP contribution < -0.4 is 9.80 Å². The molecule has 2 aromatic rings. The van der Waals surface area contributed by atoms with Crippen LogP contribution >= 0.6 is 0 Å². The van der Waals surface area contributed by atoms with Gasteiger partial charge in [0.25, 0.3) is 17.5 Å². The Morgan fingerprint density at radius 1 is 0.967 bits per heavy atom. The number of nitro groups is 1. The highest BCUT2D eigenvalue weighted by atomic mass is 16.6. The number of hydrogen-bond acceptors (Lipinski definition) is 7. The predicted octanol–water partition coefficient (Wildman–Crippen LogP) is 2.15. The first-order chi connectivity index (χ1) is 14.5. The van der Waals surface area contributed by atoms with E-state index in [-0.39, 0.29) is 17.1 Å². The van der Waals surface area contributed by atoms with Crippen LogP contribution in [0.4, 0.5) is 17.1 Å². The van der Waals surface area contributed by atoms with E-state index in [4.69, 9.17) is 4.74 Å². The van der Waals surface area contributed by atoms with E-state index in [1.165, 1.54) is 24.3 Å². The number of anilines is 2. The second kappa shape index (κ2) is 7.96. The van der Waals surface area contributed by atoms with Crippen molar-refractivity contribution in [3.63, 3.8) is 0 Å². The van der Waals surface area contributed by atoms with Crippen molar-refractivity contribution in [1.29, 1.82) is 0 Å². The van der Waals surface area contributed by atoms with Crippen molar-refractivity contribution in [3.8, 4) is 0 Å². The van der Waals surface area contributed by atoms with Gasteiger partial charge in [-0.2, -0.15) is 0 Å². The number of nitro benzene ring substituents is 1. The van der Waals surface area contributed by atoms with Crippen LogP contribution in [-0.2, 0) is 14.3 Å². The minimum atomic E-state index is -0.524. The molecule has 0 bridgehead atoms. The summed E-state index contributed by atoms with van der Waals surface area (Å²) in [5.41, 5.74) is 1.53. The van der Waals surface area contributed by atoms with Crippen molar-refractivity contribution in [2.45, 2.75) is 0 Å². The molecular weight excluding hydrogens is 388 g/mol. The molecule has 2 heterocycles. The number of para-hydroxylation sites is 1. The van der Waals surface area contributed by atoms with Gasteiger partial charge in [0.1, 0.15) is 11.4 Å². The molecule has 2 aromatic carbocycles. The number of benzene rings is 2. The van der Waals surface area contributed by atoms with E-state index < -0.39 is 16.7 Å². The topological polar surface area (TPSA) is 96.2 Å². The maximum Gasteiger partial charge on any atom is 0.284 e. The van der Waals surface area contributed by atoms with Crippen molar-refractivity contribution in [2.24, 2.45) is 0 Å². The Morgan fingerprint density at radius 3 is 2.20 bits per heavy atom. The first-order valence-corrected chi connectivity index (χ1v) is 9.48. The zero-order chi connectivity index (χ0) is 21.3. The fraction of sp³-hybridized carbons (Fsp3) is 0.238. The first-order valence-electron chi connectivity index (χ1n) is 9.48.